The fraction of sp³-hybridized carbons (Fsp3) is 0.250. The number of benzene rings is 2. The summed E-state index contributed by atoms with van der Waals surface area (Å²) in [6.07, 6.45) is 1.01. The third-order valence-corrected chi connectivity index (χ3v) is 4.86. The zero-order chi connectivity index (χ0) is 21.8. The lowest BCUT2D eigenvalue weighted by atomic mass is 10.1. The Morgan fingerprint density at radius 1 is 1.10 bits per heavy atom. The van der Waals surface area contributed by atoms with Crippen molar-refractivity contribution in [3.8, 4) is 0 Å². The van der Waals surface area contributed by atoms with Crippen molar-refractivity contribution in [2.24, 2.45) is 0 Å². The molecule has 2 aromatic carbocycles. The van der Waals surface area contributed by atoms with Crippen molar-refractivity contribution in [3.05, 3.63) is 75.1 Å². The first-order valence-corrected chi connectivity index (χ1v) is 9.19. The van der Waals surface area contributed by atoms with Crippen molar-refractivity contribution in [1.29, 1.82) is 0 Å². The minimum atomic E-state index is -0.790. The number of nitrogens with one attached hydrogen (secondary N) is 2. The molecule has 2 N–H and O–H groups in total. The van der Waals surface area contributed by atoms with E-state index in [1.807, 2.05) is 0 Å². The molecule has 1 unspecified atom stereocenters. The van der Waals surface area contributed by atoms with Crippen molar-refractivity contribution < 1.29 is 23.7 Å². The number of carbonyl (C=O) groups excluding carboxylic acids is 3. The molecular formula is C20H19FN4O5. The molecule has 0 spiro atoms. The Morgan fingerprint density at radius 3 is 2.40 bits per heavy atom. The second kappa shape index (κ2) is 8.68. The second-order valence-corrected chi connectivity index (χ2v) is 6.87. The van der Waals surface area contributed by atoms with Crippen LogP contribution < -0.4 is 10.9 Å². The van der Waals surface area contributed by atoms with Gasteiger partial charge in [0, 0.05) is 29.3 Å². The van der Waals surface area contributed by atoms with Crippen molar-refractivity contribution in [3.63, 3.8) is 0 Å². The van der Waals surface area contributed by atoms with Crippen LogP contribution in [-0.4, -0.2) is 40.1 Å². The Kier molecular flexibility index (Phi) is 6.05. The zero-order valence-corrected chi connectivity index (χ0v) is 16.1. The minimum absolute atomic E-state index is 0.0919. The van der Waals surface area contributed by atoms with Gasteiger partial charge in [-0.05, 0) is 56.2 Å². The molecule has 0 aromatic heterocycles. The third kappa shape index (κ3) is 4.43. The number of likely N-dealkylation sites (tertiary alicyclic amines) is 1. The van der Waals surface area contributed by atoms with Gasteiger partial charge in [0.2, 0.25) is 0 Å². The Labute approximate surface area is 171 Å². The lowest BCUT2D eigenvalue weighted by Crippen LogP contribution is -2.51. The van der Waals surface area contributed by atoms with Gasteiger partial charge in [0.25, 0.3) is 23.4 Å². The van der Waals surface area contributed by atoms with Gasteiger partial charge in [0.05, 0.1) is 4.92 Å². The summed E-state index contributed by atoms with van der Waals surface area (Å²) < 4.78 is 12.9. The summed E-state index contributed by atoms with van der Waals surface area (Å²) in [4.78, 5) is 49.2. The van der Waals surface area contributed by atoms with E-state index in [1.54, 1.807) is 0 Å². The number of hydrazine groups is 1. The molecule has 156 valence electrons. The van der Waals surface area contributed by atoms with Gasteiger partial charge >= 0.3 is 0 Å². The highest BCUT2D eigenvalue weighted by Gasteiger charge is 2.35. The summed E-state index contributed by atoms with van der Waals surface area (Å²) >= 11 is 0. The molecule has 0 saturated carbocycles. The number of hydrogen-bond donors (Lipinski definition) is 2. The Bertz CT molecular complexity index is 1010. The molecule has 0 bridgehead atoms. The molecule has 1 heterocycles. The van der Waals surface area contributed by atoms with Crippen LogP contribution in [0.2, 0.25) is 0 Å². The summed E-state index contributed by atoms with van der Waals surface area (Å²) in [6.45, 7) is 1.88. The molecule has 1 saturated heterocycles. The SMILES string of the molecule is Cc1cc(C(=O)N2CCCC2C(=O)NNC(=O)c2ccc(F)cc2)ccc1[N+](=O)[O-]. The van der Waals surface area contributed by atoms with Gasteiger partial charge in [0.15, 0.2) is 0 Å². The number of rotatable bonds is 4. The number of nitro groups is 1. The van der Waals surface area contributed by atoms with Gasteiger partial charge < -0.3 is 4.90 Å². The third-order valence-electron chi connectivity index (χ3n) is 4.86. The molecule has 1 fully saturated rings. The van der Waals surface area contributed by atoms with Crippen LogP contribution in [0.3, 0.4) is 0 Å². The first kappa shape index (κ1) is 20.9. The smallest absolute Gasteiger partial charge is 0.272 e. The quantitative estimate of drug-likeness (QED) is 0.586. The van der Waals surface area contributed by atoms with E-state index in [2.05, 4.69) is 10.9 Å². The maximum Gasteiger partial charge on any atom is 0.272 e. The number of carbonyl (C=O) groups is 3. The summed E-state index contributed by atoms with van der Waals surface area (Å²) in [5.41, 5.74) is 5.20. The largest absolute Gasteiger partial charge is 0.327 e. The molecule has 1 aliphatic rings. The Hall–Kier alpha value is -3.82. The fourth-order valence-electron chi connectivity index (χ4n) is 3.32. The van der Waals surface area contributed by atoms with Crippen LogP contribution in [0, 0.1) is 22.9 Å². The van der Waals surface area contributed by atoms with E-state index in [1.165, 1.54) is 42.2 Å². The predicted molar refractivity (Wildman–Crippen MR) is 104 cm³/mol. The van der Waals surface area contributed by atoms with Crippen LogP contribution in [0.5, 0.6) is 0 Å². The molecule has 9 nitrogen and oxygen atoms in total. The van der Waals surface area contributed by atoms with Crippen LogP contribution in [0.15, 0.2) is 42.5 Å². The van der Waals surface area contributed by atoms with Crippen LogP contribution in [0.25, 0.3) is 0 Å². The summed E-state index contributed by atoms with van der Waals surface area (Å²) in [7, 11) is 0. The summed E-state index contributed by atoms with van der Waals surface area (Å²) in [5.74, 6) is -2.09. The Morgan fingerprint density at radius 2 is 1.77 bits per heavy atom. The van der Waals surface area contributed by atoms with Crippen LogP contribution in [0.1, 0.15) is 39.1 Å². The number of hydrogen-bond acceptors (Lipinski definition) is 5. The molecule has 1 atom stereocenters. The highest BCUT2D eigenvalue weighted by molar-refractivity contribution is 5.99. The first-order chi connectivity index (χ1) is 14.3. The molecule has 3 amide bonds. The van der Waals surface area contributed by atoms with Crippen LogP contribution in [0.4, 0.5) is 10.1 Å². The lowest BCUT2D eigenvalue weighted by molar-refractivity contribution is -0.385. The highest BCUT2D eigenvalue weighted by Crippen LogP contribution is 2.24. The van der Waals surface area contributed by atoms with Gasteiger partial charge in [-0.15, -0.1) is 0 Å². The van der Waals surface area contributed by atoms with E-state index in [0.717, 1.165) is 12.1 Å². The lowest BCUT2D eigenvalue weighted by Gasteiger charge is -2.24. The normalized spacial score (nSPS) is 15.5. The number of aryl methyl sites for hydroxylation is 1. The molecule has 10 heteroatoms. The maximum absolute atomic E-state index is 12.9. The number of halogens is 1. The number of nitro benzene ring substituents is 1. The zero-order valence-electron chi connectivity index (χ0n) is 16.1. The van der Waals surface area contributed by atoms with Gasteiger partial charge in [-0.25, -0.2) is 4.39 Å². The van der Waals surface area contributed by atoms with Gasteiger partial charge in [-0.1, -0.05) is 0 Å². The van der Waals surface area contributed by atoms with Crippen LogP contribution >= 0.6 is 0 Å². The van der Waals surface area contributed by atoms with E-state index in [-0.39, 0.29) is 16.8 Å². The van der Waals surface area contributed by atoms with Crippen molar-refractivity contribution in [2.75, 3.05) is 6.54 Å². The first-order valence-electron chi connectivity index (χ1n) is 9.19. The van der Waals surface area contributed by atoms with Crippen molar-refractivity contribution in [2.45, 2.75) is 25.8 Å². The highest BCUT2D eigenvalue weighted by atomic mass is 19.1. The second-order valence-electron chi connectivity index (χ2n) is 6.87. The van der Waals surface area contributed by atoms with Gasteiger partial charge in [-0.2, -0.15) is 0 Å². The minimum Gasteiger partial charge on any atom is -0.327 e. The number of amides is 3. The topological polar surface area (TPSA) is 122 Å². The summed E-state index contributed by atoms with van der Waals surface area (Å²) in [5, 5.41) is 11.0. The molecule has 0 radical (unpaired) electrons. The van der Waals surface area contributed by atoms with Gasteiger partial charge in [-0.3, -0.25) is 35.3 Å². The Balaban J connectivity index is 1.65. The molecule has 30 heavy (non-hydrogen) atoms. The average Bonchev–Trinajstić information content (AvgIpc) is 3.21. The monoisotopic (exact) mass is 414 g/mol. The van der Waals surface area contributed by atoms with E-state index < -0.39 is 34.5 Å². The molecule has 3 rings (SSSR count). The van der Waals surface area contributed by atoms with E-state index in [9.17, 15) is 28.9 Å². The van der Waals surface area contributed by atoms with Crippen molar-refractivity contribution >= 4 is 23.4 Å². The van der Waals surface area contributed by atoms with E-state index in [4.69, 9.17) is 0 Å². The maximum atomic E-state index is 12.9. The fourth-order valence-corrected chi connectivity index (χ4v) is 3.32. The van der Waals surface area contributed by atoms with E-state index in [0.29, 0.717) is 24.9 Å². The molecular weight excluding hydrogens is 395 g/mol. The van der Waals surface area contributed by atoms with E-state index >= 15 is 0 Å². The summed E-state index contributed by atoms with van der Waals surface area (Å²) in [6, 6.07) is 8.05. The molecule has 1 aliphatic heterocycles. The van der Waals surface area contributed by atoms with Crippen molar-refractivity contribution in [1.82, 2.24) is 15.8 Å². The van der Waals surface area contributed by atoms with Gasteiger partial charge in [0.1, 0.15) is 11.9 Å². The number of nitrogens with zero attached hydrogens (tertiary/aromatic N) is 2. The molecule has 0 aliphatic carbocycles. The predicted octanol–water partition coefficient (Wildman–Crippen LogP) is 2.11. The van der Waals surface area contributed by atoms with Crippen LogP contribution in [-0.2, 0) is 4.79 Å². The molecule has 2 aromatic rings. The average molecular weight is 414 g/mol. The standard InChI is InChI=1S/C20H19FN4O5/c1-12-11-14(6-9-16(12)25(29)30)20(28)24-10-2-3-17(24)19(27)23-22-18(26)13-4-7-15(21)8-5-13/h4-9,11,17H,2-3,10H2,1H3,(H,22,26)(H,23,27).